The van der Waals surface area contributed by atoms with Gasteiger partial charge in [-0.1, -0.05) is 20.8 Å². The number of hydrogen-bond acceptors (Lipinski definition) is 2. The van der Waals surface area contributed by atoms with Crippen molar-refractivity contribution in [2.75, 3.05) is 13.1 Å². The van der Waals surface area contributed by atoms with Crippen molar-refractivity contribution < 1.29 is 9.59 Å². The Labute approximate surface area is 141 Å². The summed E-state index contributed by atoms with van der Waals surface area (Å²) in [5.74, 6) is 1.25. The number of nitrogens with zero attached hydrogens (tertiary/aromatic N) is 1. The molecule has 2 fully saturated rings. The highest BCUT2D eigenvalue weighted by atomic mass is 16.2. The topological polar surface area (TPSA) is 49.4 Å². The fourth-order valence-electron chi connectivity index (χ4n) is 4.71. The molecule has 2 rings (SSSR count). The third kappa shape index (κ3) is 5.50. The van der Waals surface area contributed by atoms with Gasteiger partial charge in [-0.15, -0.1) is 0 Å². The summed E-state index contributed by atoms with van der Waals surface area (Å²) >= 11 is 0. The number of carbonyl (C=O) groups is 2. The molecule has 1 saturated carbocycles. The van der Waals surface area contributed by atoms with Gasteiger partial charge in [0, 0.05) is 19.5 Å². The van der Waals surface area contributed by atoms with Crippen molar-refractivity contribution >= 4 is 11.8 Å². The summed E-state index contributed by atoms with van der Waals surface area (Å²) in [7, 11) is 0. The zero-order valence-electron chi connectivity index (χ0n) is 15.4. The maximum absolute atomic E-state index is 12.4. The summed E-state index contributed by atoms with van der Waals surface area (Å²) in [6, 6.07) is -0.394. The van der Waals surface area contributed by atoms with Crippen LogP contribution in [0.25, 0.3) is 0 Å². The number of likely N-dealkylation sites (tertiary alicyclic amines) is 1. The Balaban J connectivity index is 1.80. The van der Waals surface area contributed by atoms with Crippen LogP contribution in [0.3, 0.4) is 0 Å². The molecule has 1 N–H and O–H groups in total. The number of rotatable bonds is 4. The Morgan fingerprint density at radius 2 is 1.83 bits per heavy atom. The van der Waals surface area contributed by atoms with Crippen LogP contribution in [0.4, 0.5) is 0 Å². The number of amides is 2. The molecule has 0 aromatic carbocycles. The van der Waals surface area contributed by atoms with Gasteiger partial charge >= 0.3 is 0 Å². The van der Waals surface area contributed by atoms with E-state index in [4.69, 9.17) is 0 Å². The van der Waals surface area contributed by atoms with Crippen LogP contribution in [0.1, 0.15) is 72.6 Å². The van der Waals surface area contributed by atoms with E-state index in [2.05, 4.69) is 26.1 Å². The van der Waals surface area contributed by atoms with Crippen molar-refractivity contribution in [3.63, 3.8) is 0 Å². The fraction of sp³-hybridized carbons (Fsp3) is 0.895. The monoisotopic (exact) mass is 322 g/mol. The molecular weight excluding hydrogens is 288 g/mol. The van der Waals surface area contributed by atoms with Crippen molar-refractivity contribution in [3.8, 4) is 0 Å². The second-order valence-corrected chi connectivity index (χ2v) is 8.66. The molecule has 1 saturated heterocycles. The van der Waals surface area contributed by atoms with Gasteiger partial charge in [-0.25, -0.2) is 0 Å². The van der Waals surface area contributed by atoms with E-state index in [0.29, 0.717) is 23.7 Å². The highest BCUT2D eigenvalue weighted by molar-refractivity contribution is 5.87. The molecule has 0 unspecified atom stereocenters. The van der Waals surface area contributed by atoms with Gasteiger partial charge in [0.1, 0.15) is 6.04 Å². The lowest BCUT2D eigenvalue weighted by Gasteiger charge is -2.39. The normalized spacial score (nSPS) is 29.0. The Kier molecular flexibility index (Phi) is 6.10. The third-order valence-corrected chi connectivity index (χ3v) is 5.37. The van der Waals surface area contributed by atoms with E-state index in [1.807, 2.05) is 11.8 Å². The van der Waals surface area contributed by atoms with Gasteiger partial charge < -0.3 is 10.2 Å². The summed E-state index contributed by atoms with van der Waals surface area (Å²) in [6.45, 7) is 10.4. The molecule has 2 amide bonds. The van der Waals surface area contributed by atoms with E-state index in [9.17, 15) is 9.59 Å². The summed E-state index contributed by atoms with van der Waals surface area (Å²) in [4.78, 5) is 26.6. The largest absolute Gasteiger partial charge is 0.345 e. The molecule has 132 valence electrons. The van der Waals surface area contributed by atoms with Gasteiger partial charge in [0.15, 0.2) is 0 Å². The third-order valence-electron chi connectivity index (χ3n) is 5.37. The van der Waals surface area contributed by atoms with Crippen LogP contribution in [0.15, 0.2) is 0 Å². The smallest absolute Gasteiger partial charge is 0.244 e. The van der Waals surface area contributed by atoms with Gasteiger partial charge in [0.2, 0.25) is 11.8 Å². The molecular formula is C19H34N2O2. The van der Waals surface area contributed by atoms with Crippen molar-refractivity contribution in [3.05, 3.63) is 0 Å². The van der Waals surface area contributed by atoms with Crippen LogP contribution in [0.2, 0.25) is 0 Å². The van der Waals surface area contributed by atoms with Gasteiger partial charge in [-0.3, -0.25) is 9.59 Å². The van der Waals surface area contributed by atoms with Crippen LogP contribution in [-0.2, 0) is 9.59 Å². The standard InChI is InChI=1S/C19H34N2O2/c1-14-10-16(13-19(3,4)12-14)11-17(22)20-15(2)18(23)21-8-6-5-7-9-21/h14-16H,5-13H2,1-4H3,(H,20,22)/t14-,15-,16-/m0/s1. The molecule has 0 aromatic heterocycles. The second-order valence-electron chi connectivity index (χ2n) is 8.66. The first-order chi connectivity index (χ1) is 10.8. The van der Waals surface area contributed by atoms with Gasteiger partial charge in [-0.2, -0.15) is 0 Å². The number of carbonyl (C=O) groups excluding carboxylic acids is 2. The summed E-state index contributed by atoms with van der Waals surface area (Å²) in [5.41, 5.74) is 0.331. The van der Waals surface area contributed by atoms with Gasteiger partial charge in [0.25, 0.3) is 0 Å². The van der Waals surface area contributed by atoms with Crippen LogP contribution in [0, 0.1) is 17.3 Å². The average molecular weight is 322 g/mol. The van der Waals surface area contributed by atoms with E-state index >= 15 is 0 Å². The van der Waals surface area contributed by atoms with Crippen LogP contribution >= 0.6 is 0 Å². The van der Waals surface area contributed by atoms with E-state index in [1.54, 1.807) is 0 Å². The Bertz CT molecular complexity index is 427. The van der Waals surface area contributed by atoms with E-state index < -0.39 is 6.04 Å². The lowest BCUT2D eigenvalue weighted by molar-refractivity contribution is -0.137. The zero-order valence-corrected chi connectivity index (χ0v) is 15.4. The molecule has 1 aliphatic heterocycles. The van der Waals surface area contributed by atoms with E-state index in [0.717, 1.165) is 38.8 Å². The van der Waals surface area contributed by atoms with E-state index in [-0.39, 0.29) is 11.8 Å². The van der Waals surface area contributed by atoms with Gasteiger partial charge in [-0.05, 0) is 62.7 Å². The first-order valence-electron chi connectivity index (χ1n) is 9.35. The predicted octanol–water partition coefficient (Wildman–Crippen LogP) is 3.36. The maximum atomic E-state index is 12.4. The summed E-state index contributed by atoms with van der Waals surface area (Å²) in [5, 5.41) is 2.94. The highest BCUT2D eigenvalue weighted by Gasteiger charge is 2.33. The Morgan fingerprint density at radius 1 is 1.17 bits per heavy atom. The number of hydrogen-bond donors (Lipinski definition) is 1. The molecule has 2 aliphatic rings. The van der Waals surface area contributed by atoms with Crippen molar-refractivity contribution in [2.24, 2.45) is 17.3 Å². The molecule has 3 atom stereocenters. The predicted molar refractivity (Wildman–Crippen MR) is 92.9 cm³/mol. The first kappa shape index (κ1) is 18.3. The highest BCUT2D eigenvalue weighted by Crippen LogP contribution is 2.42. The maximum Gasteiger partial charge on any atom is 0.244 e. The van der Waals surface area contributed by atoms with Crippen LogP contribution < -0.4 is 5.32 Å². The average Bonchev–Trinajstić information content (AvgIpc) is 2.44. The quantitative estimate of drug-likeness (QED) is 0.863. The molecule has 4 heteroatoms. The Morgan fingerprint density at radius 3 is 2.43 bits per heavy atom. The van der Waals surface area contributed by atoms with Crippen LogP contribution in [0.5, 0.6) is 0 Å². The molecule has 0 bridgehead atoms. The van der Waals surface area contributed by atoms with Crippen molar-refractivity contribution in [2.45, 2.75) is 78.7 Å². The van der Waals surface area contributed by atoms with E-state index in [1.165, 1.54) is 12.8 Å². The fourth-order valence-corrected chi connectivity index (χ4v) is 4.71. The zero-order chi connectivity index (χ0) is 17.0. The van der Waals surface area contributed by atoms with Gasteiger partial charge in [0.05, 0.1) is 0 Å². The summed E-state index contributed by atoms with van der Waals surface area (Å²) in [6.07, 6.45) is 7.42. The SMILES string of the molecule is C[C@H]1C[C@@H](CC(=O)N[C@@H](C)C(=O)N2CCCCC2)CC(C)(C)C1. The number of piperidine rings is 1. The molecule has 1 aliphatic carbocycles. The molecule has 0 radical (unpaired) electrons. The summed E-state index contributed by atoms with van der Waals surface area (Å²) < 4.78 is 0. The molecule has 0 aromatic rings. The van der Waals surface area contributed by atoms with Crippen molar-refractivity contribution in [1.29, 1.82) is 0 Å². The molecule has 23 heavy (non-hydrogen) atoms. The minimum absolute atomic E-state index is 0.0396. The van der Waals surface area contributed by atoms with Crippen LogP contribution in [-0.4, -0.2) is 35.8 Å². The second kappa shape index (κ2) is 7.67. The molecule has 4 nitrogen and oxygen atoms in total. The molecule has 1 heterocycles. The first-order valence-corrected chi connectivity index (χ1v) is 9.35. The van der Waals surface area contributed by atoms with Crippen molar-refractivity contribution in [1.82, 2.24) is 10.2 Å². The lowest BCUT2D eigenvalue weighted by Crippen LogP contribution is -2.48. The number of nitrogens with one attached hydrogen (secondary N) is 1. The molecule has 0 spiro atoms. The Hall–Kier alpha value is -1.06. The minimum atomic E-state index is -0.394. The lowest BCUT2D eigenvalue weighted by atomic mass is 9.67. The minimum Gasteiger partial charge on any atom is -0.345 e.